The fourth-order valence-corrected chi connectivity index (χ4v) is 4.35. The van der Waals surface area contributed by atoms with Gasteiger partial charge in [-0.3, -0.25) is 4.79 Å². The summed E-state index contributed by atoms with van der Waals surface area (Å²) in [5, 5.41) is 17.9. The Hall–Kier alpha value is -1.65. The van der Waals surface area contributed by atoms with Crippen molar-refractivity contribution in [2.75, 3.05) is 0 Å². The van der Waals surface area contributed by atoms with Crippen LogP contribution in [-0.2, 0) is 17.3 Å². The quantitative estimate of drug-likeness (QED) is 0.925. The molecule has 0 atom stereocenters. The predicted molar refractivity (Wildman–Crippen MR) is 79.8 cm³/mol. The van der Waals surface area contributed by atoms with Crippen LogP contribution >= 0.6 is 0 Å². The largest absolute Gasteiger partial charge is 0.481 e. The zero-order valence-corrected chi connectivity index (χ0v) is 12.9. The van der Waals surface area contributed by atoms with Crippen molar-refractivity contribution < 1.29 is 9.90 Å². The molecule has 3 fully saturated rings. The molecule has 1 heterocycles. The van der Waals surface area contributed by atoms with E-state index in [1.807, 2.05) is 14.0 Å². The zero-order chi connectivity index (χ0) is 15.3. The minimum absolute atomic E-state index is 0.0311. The first-order chi connectivity index (χ1) is 9.88. The van der Waals surface area contributed by atoms with Gasteiger partial charge in [0.2, 0.25) is 0 Å². The van der Waals surface area contributed by atoms with Crippen LogP contribution in [0.5, 0.6) is 0 Å². The molecule has 1 aromatic rings. The summed E-state index contributed by atoms with van der Waals surface area (Å²) in [6.07, 6.45) is 6.39. The van der Waals surface area contributed by atoms with E-state index < -0.39 is 5.97 Å². The third-order valence-electron chi connectivity index (χ3n) is 5.66. The van der Waals surface area contributed by atoms with Gasteiger partial charge in [0.1, 0.15) is 5.82 Å². The molecular formula is C16H23N3O2. The Bertz CT molecular complexity index is 578. The summed E-state index contributed by atoms with van der Waals surface area (Å²) in [7, 11) is 2.02. The number of hydrogen-bond acceptors (Lipinski definition) is 3. The molecule has 0 aromatic carbocycles. The van der Waals surface area contributed by atoms with Crippen LogP contribution in [0, 0.1) is 5.41 Å². The summed E-state index contributed by atoms with van der Waals surface area (Å²) >= 11 is 0. The number of carboxylic acids is 1. The zero-order valence-electron chi connectivity index (χ0n) is 12.9. The fraction of sp³-hybridized carbons (Fsp3) is 0.688. The molecule has 5 heteroatoms. The van der Waals surface area contributed by atoms with Crippen LogP contribution in [0.1, 0.15) is 63.5 Å². The van der Waals surface area contributed by atoms with E-state index in [0.29, 0.717) is 6.42 Å². The van der Waals surface area contributed by atoms with Gasteiger partial charge < -0.3 is 9.67 Å². The second kappa shape index (κ2) is 4.68. The van der Waals surface area contributed by atoms with E-state index >= 15 is 0 Å². The number of nitrogens with zero attached hydrogens (tertiary/aromatic N) is 3. The first-order valence-corrected chi connectivity index (χ1v) is 7.65. The Morgan fingerprint density at radius 1 is 1.24 bits per heavy atom. The van der Waals surface area contributed by atoms with Gasteiger partial charge in [0, 0.05) is 12.5 Å². The molecular weight excluding hydrogens is 266 g/mol. The Labute approximate surface area is 125 Å². The second-order valence-corrected chi connectivity index (χ2v) is 7.04. The molecule has 0 radical (unpaired) electrons. The smallest absolute Gasteiger partial charge is 0.303 e. The van der Waals surface area contributed by atoms with E-state index in [4.69, 9.17) is 5.11 Å². The van der Waals surface area contributed by atoms with Crippen molar-refractivity contribution in [2.24, 2.45) is 12.5 Å². The van der Waals surface area contributed by atoms with E-state index in [0.717, 1.165) is 55.7 Å². The number of carboxylic acid groups (broad SMARTS) is 1. The fourth-order valence-electron chi connectivity index (χ4n) is 4.35. The van der Waals surface area contributed by atoms with Crippen molar-refractivity contribution in [3.05, 3.63) is 18.2 Å². The summed E-state index contributed by atoms with van der Waals surface area (Å²) in [6, 6.07) is 0. The SMILES string of the molecule is C=C(C)c1nnc(C23CCC(CC(=O)O)(CC2)CC3)n1C. The normalized spacial score (nSPS) is 31.3. The molecule has 4 rings (SSSR count). The molecule has 0 unspecified atom stereocenters. The van der Waals surface area contributed by atoms with Crippen molar-refractivity contribution in [3.8, 4) is 0 Å². The van der Waals surface area contributed by atoms with E-state index in [2.05, 4.69) is 21.3 Å². The number of carbonyl (C=O) groups is 1. The summed E-state index contributed by atoms with van der Waals surface area (Å²) in [5.41, 5.74) is 1.05. The minimum atomic E-state index is -0.660. The highest BCUT2D eigenvalue weighted by atomic mass is 16.4. The lowest BCUT2D eigenvalue weighted by molar-refractivity contribution is -0.142. The number of hydrogen-bond donors (Lipinski definition) is 1. The number of allylic oxidation sites excluding steroid dienone is 1. The molecule has 3 saturated carbocycles. The Morgan fingerprint density at radius 3 is 2.24 bits per heavy atom. The first-order valence-electron chi connectivity index (χ1n) is 7.65. The van der Waals surface area contributed by atoms with Gasteiger partial charge in [0.05, 0.1) is 6.42 Å². The van der Waals surface area contributed by atoms with Crippen molar-refractivity contribution >= 4 is 11.5 Å². The molecule has 0 amide bonds. The lowest BCUT2D eigenvalue weighted by Gasteiger charge is -2.52. The van der Waals surface area contributed by atoms with Gasteiger partial charge in [-0.25, -0.2) is 0 Å². The average Bonchev–Trinajstić information content (AvgIpc) is 2.82. The monoisotopic (exact) mass is 289 g/mol. The molecule has 21 heavy (non-hydrogen) atoms. The number of aromatic nitrogens is 3. The maximum Gasteiger partial charge on any atom is 0.303 e. The van der Waals surface area contributed by atoms with E-state index in [-0.39, 0.29) is 10.8 Å². The lowest BCUT2D eigenvalue weighted by atomic mass is 9.52. The maximum absolute atomic E-state index is 11.1. The Kier molecular flexibility index (Phi) is 3.19. The first kappa shape index (κ1) is 14.3. The Morgan fingerprint density at radius 2 is 1.81 bits per heavy atom. The van der Waals surface area contributed by atoms with Crippen molar-refractivity contribution in [1.29, 1.82) is 0 Å². The van der Waals surface area contributed by atoms with Crippen LogP contribution in [0.15, 0.2) is 6.58 Å². The van der Waals surface area contributed by atoms with Gasteiger partial charge in [0.15, 0.2) is 5.82 Å². The standard InChI is InChI=1S/C16H23N3O2/c1-11(2)13-17-18-14(19(13)3)16-7-4-15(5-8-16,6-9-16)10-12(20)21/h1,4-10H2,2-3H3,(H,20,21). The maximum atomic E-state index is 11.1. The second-order valence-electron chi connectivity index (χ2n) is 7.04. The molecule has 114 valence electrons. The van der Waals surface area contributed by atoms with Crippen molar-refractivity contribution in [3.63, 3.8) is 0 Å². The number of rotatable bonds is 4. The summed E-state index contributed by atoms with van der Waals surface area (Å²) < 4.78 is 2.08. The third kappa shape index (κ3) is 2.19. The highest BCUT2D eigenvalue weighted by Gasteiger charge is 2.52. The topological polar surface area (TPSA) is 68.0 Å². The average molecular weight is 289 g/mol. The summed E-state index contributed by atoms with van der Waals surface area (Å²) in [6.45, 7) is 5.91. The predicted octanol–water partition coefficient (Wildman–Crippen LogP) is 2.91. The molecule has 0 spiro atoms. The molecule has 2 bridgehead atoms. The van der Waals surface area contributed by atoms with Crippen LogP contribution in [-0.4, -0.2) is 25.8 Å². The Balaban J connectivity index is 1.86. The summed E-state index contributed by atoms with van der Waals surface area (Å²) in [4.78, 5) is 11.1. The molecule has 3 aliphatic rings. The molecule has 1 aromatic heterocycles. The number of fused-ring (bicyclic) bond motifs is 3. The van der Waals surface area contributed by atoms with E-state index in [1.54, 1.807) is 0 Å². The van der Waals surface area contributed by atoms with Crippen LogP contribution < -0.4 is 0 Å². The molecule has 0 aliphatic heterocycles. The van der Waals surface area contributed by atoms with Crippen molar-refractivity contribution in [1.82, 2.24) is 14.8 Å². The van der Waals surface area contributed by atoms with Gasteiger partial charge in [0.25, 0.3) is 0 Å². The van der Waals surface area contributed by atoms with Crippen LogP contribution in [0.3, 0.4) is 0 Å². The lowest BCUT2D eigenvalue weighted by Crippen LogP contribution is -2.46. The minimum Gasteiger partial charge on any atom is -0.481 e. The van der Waals surface area contributed by atoms with Gasteiger partial charge in [-0.1, -0.05) is 6.58 Å². The number of aliphatic carboxylic acids is 1. The molecule has 1 N–H and O–H groups in total. The highest BCUT2D eigenvalue weighted by molar-refractivity contribution is 5.67. The van der Waals surface area contributed by atoms with Crippen LogP contribution in [0.2, 0.25) is 0 Å². The van der Waals surface area contributed by atoms with Gasteiger partial charge in [-0.2, -0.15) is 0 Å². The van der Waals surface area contributed by atoms with E-state index in [1.165, 1.54) is 0 Å². The van der Waals surface area contributed by atoms with Crippen molar-refractivity contribution in [2.45, 2.75) is 57.3 Å². The summed E-state index contributed by atoms with van der Waals surface area (Å²) in [5.74, 6) is 1.25. The molecule has 5 nitrogen and oxygen atoms in total. The molecule has 0 saturated heterocycles. The molecule has 3 aliphatic carbocycles. The van der Waals surface area contributed by atoms with Crippen LogP contribution in [0.25, 0.3) is 5.57 Å². The van der Waals surface area contributed by atoms with Gasteiger partial charge in [-0.15, -0.1) is 10.2 Å². The van der Waals surface area contributed by atoms with E-state index in [9.17, 15) is 4.79 Å². The highest BCUT2D eigenvalue weighted by Crippen LogP contribution is 2.58. The third-order valence-corrected chi connectivity index (χ3v) is 5.66. The van der Waals surface area contributed by atoms with Gasteiger partial charge in [-0.05, 0) is 56.4 Å². The van der Waals surface area contributed by atoms with Crippen LogP contribution in [0.4, 0.5) is 0 Å². The van der Waals surface area contributed by atoms with Gasteiger partial charge >= 0.3 is 5.97 Å².